The Bertz CT molecular complexity index is 386. The zero-order valence-corrected chi connectivity index (χ0v) is 10.1. The smallest absolute Gasteiger partial charge is 0.339 e. The maximum atomic E-state index is 12.9. The lowest BCUT2D eigenvalue weighted by atomic mass is 10.1. The fourth-order valence-corrected chi connectivity index (χ4v) is 1.53. The van der Waals surface area contributed by atoms with E-state index in [0.29, 0.717) is 12.5 Å². The van der Waals surface area contributed by atoms with E-state index in [1.165, 1.54) is 12.1 Å². The number of rotatable bonds is 6. The SMILES string of the molecule is CCC(CC)COc1ccc(F)cc1C(=O)O. The Labute approximate surface area is 100 Å². The van der Waals surface area contributed by atoms with Crippen molar-refractivity contribution in [1.29, 1.82) is 0 Å². The predicted molar refractivity (Wildman–Crippen MR) is 62.9 cm³/mol. The van der Waals surface area contributed by atoms with Crippen LogP contribution in [0.4, 0.5) is 4.39 Å². The normalized spacial score (nSPS) is 10.6. The molecule has 94 valence electrons. The van der Waals surface area contributed by atoms with Crippen molar-refractivity contribution in [2.45, 2.75) is 26.7 Å². The molecule has 0 amide bonds. The number of benzene rings is 1. The lowest BCUT2D eigenvalue weighted by Gasteiger charge is -2.15. The van der Waals surface area contributed by atoms with Crippen molar-refractivity contribution in [3.63, 3.8) is 0 Å². The topological polar surface area (TPSA) is 46.5 Å². The molecule has 4 heteroatoms. The first-order valence-corrected chi connectivity index (χ1v) is 5.74. The quantitative estimate of drug-likeness (QED) is 0.829. The van der Waals surface area contributed by atoms with E-state index in [1.807, 2.05) is 0 Å². The molecule has 0 aromatic heterocycles. The summed E-state index contributed by atoms with van der Waals surface area (Å²) in [6.07, 6.45) is 1.94. The number of hydrogen-bond donors (Lipinski definition) is 1. The van der Waals surface area contributed by atoms with E-state index in [0.717, 1.165) is 18.9 Å². The van der Waals surface area contributed by atoms with E-state index in [9.17, 15) is 9.18 Å². The van der Waals surface area contributed by atoms with Gasteiger partial charge in [0, 0.05) is 0 Å². The second-order valence-electron chi connectivity index (χ2n) is 3.94. The van der Waals surface area contributed by atoms with E-state index in [-0.39, 0.29) is 11.3 Å². The highest BCUT2D eigenvalue weighted by Gasteiger charge is 2.13. The van der Waals surface area contributed by atoms with Crippen molar-refractivity contribution < 1.29 is 19.0 Å². The van der Waals surface area contributed by atoms with Crippen molar-refractivity contribution in [3.8, 4) is 5.75 Å². The molecule has 1 rings (SSSR count). The highest BCUT2D eigenvalue weighted by Crippen LogP contribution is 2.21. The van der Waals surface area contributed by atoms with Crippen LogP contribution in [0, 0.1) is 11.7 Å². The van der Waals surface area contributed by atoms with Crippen LogP contribution in [-0.4, -0.2) is 17.7 Å². The van der Waals surface area contributed by atoms with Gasteiger partial charge in [-0.3, -0.25) is 0 Å². The fourth-order valence-electron chi connectivity index (χ4n) is 1.53. The number of ether oxygens (including phenoxy) is 1. The minimum Gasteiger partial charge on any atom is -0.492 e. The van der Waals surface area contributed by atoms with Crippen LogP contribution < -0.4 is 4.74 Å². The van der Waals surface area contributed by atoms with Crippen LogP contribution in [0.25, 0.3) is 0 Å². The van der Waals surface area contributed by atoms with Gasteiger partial charge in [-0.05, 0) is 24.1 Å². The van der Waals surface area contributed by atoms with Gasteiger partial charge >= 0.3 is 5.97 Å². The molecular formula is C13H17FO3. The summed E-state index contributed by atoms with van der Waals surface area (Å²) < 4.78 is 18.4. The van der Waals surface area contributed by atoms with Gasteiger partial charge in [-0.15, -0.1) is 0 Å². The molecule has 0 bridgehead atoms. The third-order valence-corrected chi connectivity index (χ3v) is 2.80. The molecule has 3 nitrogen and oxygen atoms in total. The van der Waals surface area contributed by atoms with E-state index < -0.39 is 11.8 Å². The molecule has 1 N–H and O–H groups in total. The number of hydrogen-bond acceptors (Lipinski definition) is 2. The second-order valence-corrected chi connectivity index (χ2v) is 3.94. The molecule has 0 unspecified atom stereocenters. The lowest BCUT2D eigenvalue weighted by molar-refractivity contribution is 0.0690. The van der Waals surface area contributed by atoms with Gasteiger partial charge in [-0.2, -0.15) is 0 Å². The highest BCUT2D eigenvalue weighted by molar-refractivity contribution is 5.90. The van der Waals surface area contributed by atoms with Crippen molar-refractivity contribution in [1.82, 2.24) is 0 Å². The minimum absolute atomic E-state index is 0.129. The maximum absolute atomic E-state index is 12.9. The Hall–Kier alpha value is -1.58. The van der Waals surface area contributed by atoms with Crippen LogP contribution in [0.15, 0.2) is 18.2 Å². The van der Waals surface area contributed by atoms with Crippen LogP contribution in [0.5, 0.6) is 5.75 Å². The lowest BCUT2D eigenvalue weighted by Crippen LogP contribution is -2.12. The first kappa shape index (κ1) is 13.5. The molecule has 1 aromatic carbocycles. The van der Waals surface area contributed by atoms with Crippen LogP contribution >= 0.6 is 0 Å². The molecule has 1 aromatic rings. The largest absolute Gasteiger partial charge is 0.492 e. The summed E-state index contributed by atoms with van der Waals surface area (Å²) in [5.41, 5.74) is -0.129. The van der Waals surface area contributed by atoms with E-state index in [1.54, 1.807) is 0 Å². The van der Waals surface area contributed by atoms with Gasteiger partial charge in [0.1, 0.15) is 17.1 Å². The van der Waals surface area contributed by atoms with E-state index in [4.69, 9.17) is 9.84 Å². The summed E-state index contributed by atoms with van der Waals surface area (Å²) in [7, 11) is 0. The second kappa shape index (κ2) is 6.23. The van der Waals surface area contributed by atoms with Gasteiger partial charge in [0.05, 0.1) is 6.61 Å². The van der Waals surface area contributed by atoms with Crippen LogP contribution in [0.2, 0.25) is 0 Å². The highest BCUT2D eigenvalue weighted by atomic mass is 19.1. The molecule has 0 aliphatic carbocycles. The molecule has 0 atom stereocenters. The predicted octanol–water partition coefficient (Wildman–Crippen LogP) is 3.34. The summed E-state index contributed by atoms with van der Waals surface area (Å²) in [4.78, 5) is 10.9. The van der Waals surface area contributed by atoms with Crippen molar-refractivity contribution in [2.75, 3.05) is 6.61 Å². The van der Waals surface area contributed by atoms with Gasteiger partial charge in [0.2, 0.25) is 0 Å². The van der Waals surface area contributed by atoms with Crippen LogP contribution in [-0.2, 0) is 0 Å². The Balaban J connectivity index is 2.80. The summed E-state index contributed by atoms with van der Waals surface area (Å²) >= 11 is 0. The van der Waals surface area contributed by atoms with E-state index in [2.05, 4.69) is 13.8 Å². The Morgan fingerprint density at radius 1 is 1.41 bits per heavy atom. The number of carbonyl (C=O) groups is 1. The maximum Gasteiger partial charge on any atom is 0.339 e. The standard InChI is InChI=1S/C13H17FO3/c1-3-9(4-2)8-17-12-6-5-10(14)7-11(12)13(15)16/h5-7,9H,3-4,8H2,1-2H3,(H,15,16). The Morgan fingerprint density at radius 2 is 2.06 bits per heavy atom. The Morgan fingerprint density at radius 3 is 2.59 bits per heavy atom. The Kier molecular flexibility index (Phi) is 4.94. The van der Waals surface area contributed by atoms with Crippen molar-refractivity contribution in [3.05, 3.63) is 29.6 Å². The van der Waals surface area contributed by atoms with Gasteiger partial charge < -0.3 is 9.84 Å². The molecule has 17 heavy (non-hydrogen) atoms. The molecule has 0 aliphatic rings. The summed E-state index contributed by atoms with van der Waals surface area (Å²) in [6.45, 7) is 4.57. The number of carboxylic acids is 1. The summed E-state index contributed by atoms with van der Waals surface area (Å²) in [5.74, 6) is -1.13. The zero-order valence-electron chi connectivity index (χ0n) is 10.1. The van der Waals surface area contributed by atoms with Gasteiger partial charge in [-0.1, -0.05) is 26.7 Å². The third kappa shape index (κ3) is 3.73. The summed E-state index contributed by atoms with van der Waals surface area (Å²) in [5, 5.41) is 8.92. The number of halogens is 1. The van der Waals surface area contributed by atoms with Crippen LogP contribution in [0.1, 0.15) is 37.0 Å². The molecular weight excluding hydrogens is 223 g/mol. The van der Waals surface area contributed by atoms with Gasteiger partial charge in [0.25, 0.3) is 0 Å². The first-order chi connectivity index (χ1) is 8.08. The summed E-state index contributed by atoms with van der Waals surface area (Å²) in [6, 6.07) is 3.54. The van der Waals surface area contributed by atoms with Crippen LogP contribution in [0.3, 0.4) is 0 Å². The number of aromatic carboxylic acids is 1. The molecule has 0 saturated carbocycles. The fraction of sp³-hybridized carbons (Fsp3) is 0.462. The monoisotopic (exact) mass is 240 g/mol. The van der Waals surface area contributed by atoms with Gasteiger partial charge in [0.15, 0.2) is 0 Å². The molecule has 0 spiro atoms. The molecule has 0 heterocycles. The van der Waals surface area contributed by atoms with Crippen molar-refractivity contribution in [2.24, 2.45) is 5.92 Å². The molecule has 0 fully saturated rings. The molecule has 0 aliphatic heterocycles. The van der Waals surface area contributed by atoms with Crippen molar-refractivity contribution >= 4 is 5.97 Å². The zero-order chi connectivity index (χ0) is 12.8. The third-order valence-electron chi connectivity index (χ3n) is 2.80. The number of carboxylic acid groups (broad SMARTS) is 1. The molecule has 0 saturated heterocycles. The minimum atomic E-state index is -1.18. The van der Waals surface area contributed by atoms with Gasteiger partial charge in [-0.25, -0.2) is 9.18 Å². The average molecular weight is 240 g/mol. The first-order valence-electron chi connectivity index (χ1n) is 5.74. The van der Waals surface area contributed by atoms with E-state index >= 15 is 0 Å². The molecule has 0 radical (unpaired) electrons. The average Bonchev–Trinajstić information content (AvgIpc) is 2.31.